The van der Waals surface area contributed by atoms with Gasteiger partial charge in [0.15, 0.2) is 11.3 Å². The summed E-state index contributed by atoms with van der Waals surface area (Å²) in [5, 5.41) is 18.5. The van der Waals surface area contributed by atoms with Gasteiger partial charge in [-0.15, -0.1) is 0 Å². The standard InChI is InChI=1S/C12H9N5OS/c13-6-17(12(14)19)10-5-15-7-16-11(10)8-2-1-3-9(18)4-8/h1-5,7,18H,(H2,14,19). The van der Waals surface area contributed by atoms with Crippen molar-refractivity contribution in [2.45, 2.75) is 0 Å². The van der Waals surface area contributed by atoms with Gasteiger partial charge >= 0.3 is 0 Å². The number of benzene rings is 1. The van der Waals surface area contributed by atoms with Gasteiger partial charge < -0.3 is 10.8 Å². The molecular formula is C12H9N5OS. The van der Waals surface area contributed by atoms with Gasteiger partial charge in [-0.25, -0.2) is 14.9 Å². The summed E-state index contributed by atoms with van der Waals surface area (Å²) in [5.41, 5.74) is 6.94. The first kappa shape index (κ1) is 12.7. The fourth-order valence-corrected chi connectivity index (χ4v) is 1.72. The first-order chi connectivity index (χ1) is 9.13. The molecule has 2 rings (SSSR count). The van der Waals surface area contributed by atoms with Gasteiger partial charge in [0.1, 0.15) is 17.8 Å². The SMILES string of the molecule is N#CN(C(N)=S)c1cncnc1-c1cccc(O)c1. The number of nitriles is 1. The molecule has 0 atom stereocenters. The van der Waals surface area contributed by atoms with Crippen LogP contribution < -0.4 is 10.6 Å². The Hall–Kier alpha value is -2.72. The number of phenolic OH excluding ortho intramolecular Hbond substituents is 1. The molecule has 19 heavy (non-hydrogen) atoms. The van der Waals surface area contributed by atoms with Crippen molar-refractivity contribution >= 4 is 23.0 Å². The smallest absolute Gasteiger partial charge is 0.191 e. The Morgan fingerprint density at radius 1 is 1.47 bits per heavy atom. The lowest BCUT2D eigenvalue weighted by molar-refractivity contribution is 0.475. The molecule has 0 amide bonds. The second kappa shape index (κ2) is 5.29. The van der Waals surface area contributed by atoms with Crippen LogP contribution in [-0.4, -0.2) is 20.2 Å². The molecule has 1 aromatic heterocycles. The molecule has 0 radical (unpaired) electrons. The van der Waals surface area contributed by atoms with Crippen LogP contribution in [0.5, 0.6) is 5.75 Å². The first-order valence-corrected chi connectivity index (χ1v) is 5.63. The van der Waals surface area contributed by atoms with Crippen LogP contribution in [0.15, 0.2) is 36.8 Å². The van der Waals surface area contributed by atoms with Crippen LogP contribution in [0.1, 0.15) is 0 Å². The fourth-order valence-electron chi connectivity index (χ4n) is 1.58. The summed E-state index contributed by atoms with van der Waals surface area (Å²) in [6.45, 7) is 0. The summed E-state index contributed by atoms with van der Waals surface area (Å²) < 4.78 is 0. The van der Waals surface area contributed by atoms with Crippen molar-refractivity contribution in [3.05, 3.63) is 36.8 Å². The summed E-state index contributed by atoms with van der Waals surface area (Å²) in [6.07, 6.45) is 4.65. The molecule has 0 aliphatic heterocycles. The Labute approximate surface area is 114 Å². The van der Waals surface area contributed by atoms with E-state index in [4.69, 9.17) is 23.2 Å². The molecule has 0 saturated heterocycles. The van der Waals surface area contributed by atoms with E-state index < -0.39 is 0 Å². The molecule has 94 valence electrons. The summed E-state index contributed by atoms with van der Waals surface area (Å²) in [7, 11) is 0. The maximum atomic E-state index is 9.50. The van der Waals surface area contributed by atoms with Crippen LogP contribution in [0.2, 0.25) is 0 Å². The van der Waals surface area contributed by atoms with Gasteiger partial charge in [0.25, 0.3) is 0 Å². The normalized spacial score (nSPS) is 9.63. The maximum Gasteiger partial charge on any atom is 0.191 e. The van der Waals surface area contributed by atoms with E-state index >= 15 is 0 Å². The van der Waals surface area contributed by atoms with Crippen LogP contribution in [0.4, 0.5) is 5.69 Å². The molecule has 0 unspecified atom stereocenters. The molecule has 7 heteroatoms. The summed E-state index contributed by atoms with van der Waals surface area (Å²) in [5.74, 6) is 0.0981. The van der Waals surface area contributed by atoms with Gasteiger partial charge in [-0.05, 0) is 24.4 Å². The predicted molar refractivity (Wildman–Crippen MR) is 74.0 cm³/mol. The van der Waals surface area contributed by atoms with E-state index in [1.807, 2.05) is 6.19 Å². The van der Waals surface area contributed by atoms with Crippen molar-refractivity contribution < 1.29 is 5.11 Å². The van der Waals surface area contributed by atoms with E-state index in [2.05, 4.69) is 9.97 Å². The molecule has 0 saturated carbocycles. The molecule has 2 aromatic rings. The van der Waals surface area contributed by atoms with Gasteiger partial charge in [-0.1, -0.05) is 12.1 Å². The number of aromatic nitrogens is 2. The molecule has 3 N–H and O–H groups in total. The zero-order valence-corrected chi connectivity index (χ0v) is 10.5. The average Bonchev–Trinajstić information content (AvgIpc) is 2.40. The molecule has 0 aliphatic carbocycles. The summed E-state index contributed by atoms with van der Waals surface area (Å²) >= 11 is 4.81. The van der Waals surface area contributed by atoms with Gasteiger partial charge in [-0.2, -0.15) is 5.26 Å². The molecular weight excluding hydrogens is 262 g/mol. The van der Waals surface area contributed by atoms with Crippen LogP contribution in [0.25, 0.3) is 11.3 Å². The monoisotopic (exact) mass is 271 g/mol. The van der Waals surface area contributed by atoms with Crippen molar-refractivity contribution in [3.8, 4) is 23.2 Å². The number of nitrogens with zero attached hydrogens (tertiary/aromatic N) is 4. The lowest BCUT2D eigenvalue weighted by atomic mass is 10.1. The minimum Gasteiger partial charge on any atom is -0.508 e. The third-order valence-electron chi connectivity index (χ3n) is 2.37. The Morgan fingerprint density at radius 3 is 2.89 bits per heavy atom. The lowest BCUT2D eigenvalue weighted by Crippen LogP contribution is -2.31. The molecule has 1 heterocycles. The highest BCUT2D eigenvalue weighted by Gasteiger charge is 2.16. The predicted octanol–water partition coefficient (Wildman–Crippen LogP) is 1.38. The minimum atomic E-state index is -0.0984. The second-order valence-corrected chi connectivity index (χ2v) is 4.00. The third-order valence-corrected chi connectivity index (χ3v) is 2.56. The Kier molecular flexibility index (Phi) is 3.54. The highest BCUT2D eigenvalue weighted by molar-refractivity contribution is 7.80. The van der Waals surface area contributed by atoms with Gasteiger partial charge in [0, 0.05) is 5.56 Å². The molecule has 0 fully saturated rings. The number of hydrogen-bond donors (Lipinski definition) is 2. The molecule has 0 aliphatic rings. The average molecular weight is 271 g/mol. The van der Waals surface area contributed by atoms with Crippen molar-refractivity contribution in [2.75, 3.05) is 4.90 Å². The number of anilines is 1. The first-order valence-electron chi connectivity index (χ1n) is 5.22. The minimum absolute atomic E-state index is 0.0981. The van der Waals surface area contributed by atoms with E-state index in [1.54, 1.807) is 18.2 Å². The van der Waals surface area contributed by atoms with Crippen LogP contribution >= 0.6 is 12.2 Å². The second-order valence-electron chi connectivity index (χ2n) is 3.58. The topological polar surface area (TPSA) is 99.1 Å². The van der Waals surface area contributed by atoms with Gasteiger partial charge in [0.05, 0.1) is 11.9 Å². The fraction of sp³-hybridized carbons (Fsp3) is 0. The van der Waals surface area contributed by atoms with Crippen molar-refractivity contribution in [2.24, 2.45) is 5.73 Å². The maximum absolute atomic E-state index is 9.50. The Morgan fingerprint density at radius 2 is 2.26 bits per heavy atom. The summed E-state index contributed by atoms with van der Waals surface area (Å²) in [6, 6.07) is 6.50. The number of hydrogen-bond acceptors (Lipinski definition) is 5. The van der Waals surface area contributed by atoms with E-state index in [-0.39, 0.29) is 10.9 Å². The molecule has 6 nitrogen and oxygen atoms in total. The lowest BCUT2D eigenvalue weighted by Gasteiger charge is -2.15. The van der Waals surface area contributed by atoms with Crippen LogP contribution in [0, 0.1) is 11.5 Å². The van der Waals surface area contributed by atoms with E-state index in [0.717, 1.165) is 4.90 Å². The number of rotatable bonds is 2. The Balaban J connectivity index is 2.60. The zero-order valence-electron chi connectivity index (χ0n) is 9.69. The highest BCUT2D eigenvalue weighted by Crippen LogP contribution is 2.29. The largest absolute Gasteiger partial charge is 0.508 e. The highest BCUT2D eigenvalue weighted by atomic mass is 32.1. The molecule has 0 spiro atoms. The molecule has 0 bridgehead atoms. The van der Waals surface area contributed by atoms with Crippen molar-refractivity contribution in [1.29, 1.82) is 5.26 Å². The van der Waals surface area contributed by atoms with E-state index in [9.17, 15) is 5.11 Å². The Bertz CT molecular complexity index is 667. The van der Waals surface area contributed by atoms with Crippen molar-refractivity contribution in [1.82, 2.24) is 9.97 Å². The van der Waals surface area contributed by atoms with Gasteiger partial charge in [-0.3, -0.25) is 0 Å². The number of phenols is 1. The quantitative estimate of drug-likeness (QED) is 0.483. The van der Waals surface area contributed by atoms with E-state index in [1.165, 1.54) is 18.6 Å². The van der Waals surface area contributed by atoms with Crippen molar-refractivity contribution in [3.63, 3.8) is 0 Å². The third kappa shape index (κ3) is 2.59. The van der Waals surface area contributed by atoms with Crippen LogP contribution in [0.3, 0.4) is 0 Å². The number of nitrogens with two attached hydrogens (primary N) is 1. The van der Waals surface area contributed by atoms with Crippen LogP contribution in [-0.2, 0) is 0 Å². The van der Waals surface area contributed by atoms with Gasteiger partial charge in [0.2, 0.25) is 0 Å². The summed E-state index contributed by atoms with van der Waals surface area (Å²) in [4.78, 5) is 9.02. The molecule has 1 aromatic carbocycles. The number of thiocarbonyl (C=S) groups is 1. The number of aromatic hydroxyl groups is 1. The van der Waals surface area contributed by atoms with E-state index in [0.29, 0.717) is 16.9 Å². The zero-order chi connectivity index (χ0) is 13.8.